The highest BCUT2D eigenvalue weighted by Gasteiger charge is 2.12. The number of anilines is 2. The summed E-state index contributed by atoms with van der Waals surface area (Å²) >= 11 is 2.37. The van der Waals surface area contributed by atoms with Gasteiger partial charge in [-0.1, -0.05) is 41.3 Å². The Morgan fingerprint density at radius 2 is 1.93 bits per heavy atom. The van der Waals surface area contributed by atoms with Crippen molar-refractivity contribution >= 4 is 45.7 Å². The minimum Gasteiger partial charge on any atom is -0.325 e. The van der Waals surface area contributed by atoms with Gasteiger partial charge in [-0.05, 0) is 42.8 Å². The minimum absolute atomic E-state index is 0.161. The van der Waals surface area contributed by atoms with Gasteiger partial charge in [0.2, 0.25) is 11.0 Å². The van der Waals surface area contributed by atoms with Crippen LogP contribution < -0.4 is 10.6 Å². The zero-order chi connectivity index (χ0) is 19.2. The van der Waals surface area contributed by atoms with Crippen LogP contribution in [0.3, 0.4) is 0 Å². The number of benzene rings is 2. The van der Waals surface area contributed by atoms with Gasteiger partial charge in [0.15, 0.2) is 4.34 Å². The molecule has 0 fully saturated rings. The third kappa shape index (κ3) is 5.60. The number of carbonyl (C=O) groups excluding carboxylic acids is 2. The Morgan fingerprint density at radius 3 is 2.70 bits per heavy atom. The molecule has 0 unspecified atom stereocenters. The number of aromatic nitrogens is 2. The molecule has 1 heterocycles. The molecule has 27 heavy (non-hydrogen) atoms. The molecule has 2 amide bonds. The van der Waals surface area contributed by atoms with E-state index in [1.54, 1.807) is 0 Å². The molecule has 0 radical (unpaired) electrons. The maximum absolute atomic E-state index is 13.2. The van der Waals surface area contributed by atoms with E-state index >= 15 is 0 Å². The molecule has 6 nitrogen and oxygen atoms in total. The number of rotatable bonds is 6. The van der Waals surface area contributed by atoms with Crippen LogP contribution in [0.1, 0.15) is 15.9 Å². The van der Waals surface area contributed by atoms with Gasteiger partial charge < -0.3 is 5.32 Å². The summed E-state index contributed by atoms with van der Waals surface area (Å²) in [7, 11) is 0. The number of thioether (sulfide) groups is 1. The van der Waals surface area contributed by atoms with Crippen molar-refractivity contribution < 1.29 is 14.0 Å². The standard InChI is InChI=1S/C18H15FN4O2S2/c1-11-4-2-7-14(8-11)20-15(24)10-26-18-23-22-17(27-18)21-16(25)12-5-3-6-13(19)9-12/h2-9H,10H2,1H3,(H,20,24)(H,21,22,25). The smallest absolute Gasteiger partial charge is 0.257 e. The third-order valence-corrected chi connectivity index (χ3v) is 5.31. The van der Waals surface area contributed by atoms with Crippen LogP contribution in [-0.4, -0.2) is 27.8 Å². The van der Waals surface area contributed by atoms with Gasteiger partial charge >= 0.3 is 0 Å². The summed E-state index contributed by atoms with van der Waals surface area (Å²) < 4.78 is 13.7. The summed E-state index contributed by atoms with van der Waals surface area (Å²) in [6.07, 6.45) is 0. The van der Waals surface area contributed by atoms with Crippen molar-refractivity contribution in [3.05, 3.63) is 65.5 Å². The average Bonchev–Trinajstić information content (AvgIpc) is 3.07. The molecule has 138 valence electrons. The van der Waals surface area contributed by atoms with E-state index in [9.17, 15) is 14.0 Å². The molecule has 1 aromatic heterocycles. The molecule has 2 N–H and O–H groups in total. The zero-order valence-corrected chi connectivity index (χ0v) is 15.9. The van der Waals surface area contributed by atoms with Crippen molar-refractivity contribution in [3.63, 3.8) is 0 Å². The largest absolute Gasteiger partial charge is 0.325 e. The first kappa shape index (κ1) is 19.0. The van der Waals surface area contributed by atoms with Crippen LogP contribution in [0, 0.1) is 12.7 Å². The minimum atomic E-state index is -0.490. The van der Waals surface area contributed by atoms with E-state index in [0.29, 0.717) is 4.34 Å². The SMILES string of the molecule is Cc1cccc(NC(=O)CSc2nnc(NC(=O)c3cccc(F)c3)s2)c1. The summed E-state index contributed by atoms with van der Waals surface area (Å²) in [5.74, 6) is -0.957. The fraction of sp³-hybridized carbons (Fsp3) is 0.111. The monoisotopic (exact) mass is 402 g/mol. The van der Waals surface area contributed by atoms with Gasteiger partial charge in [0.1, 0.15) is 5.82 Å². The van der Waals surface area contributed by atoms with Gasteiger partial charge in [-0.3, -0.25) is 14.9 Å². The van der Waals surface area contributed by atoms with Crippen LogP contribution in [0.2, 0.25) is 0 Å². The van der Waals surface area contributed by atoms with Gasteiger partial charge in [-0.15, -0.1) is 10.2 Å². The summed E-state index contributed by atoms with van der Waals surface area (Å²) in [6.45, 7) is 1.95. The topological polar surface area (TPSA) is 84.0 Å². The van der Waals surface area contributed by atoms with E-state index in [0.717, 1.165) is 28.7 Å². The van der Waals surface area contributed by atoms with Crippen molar-refractivity contribution in [2.45, 2.75) is 11.3 Å². The molecule has 0 aliphatic carbocycles. The fourth-order valence-electron chi connectivity index (χ4n) is 2.16. The Kier molecular flexibility index (Phi) is 6.15. The Morgan fingerprint density at radius 1 is 1.11 bits per heavy atom. The predicted molar refractivity (Wildman–Crippen MR) is 105 cm³/mol. The van der Waals surface area contributed by atoms with Crippen molar-refractivity contribution in [1.29, 1.82) is 0 Å². The van der Waals surface area contributed by atoms with Crippen LogP contribution in [-0.2, 0) is 4.79 Å². The van der Waals surface area contributed by atoms with E-state index in [-0.39, 0.29) is 22.4 Å². The molecule has 0 saturated heterocycles. The molecule has 0 aliphatic heterocycles. The van der Waals surface area contributed by atoms with Crippen LogP contribution in [0.4, 0.5) is 15.2 Å². The average molecular weight is 402 g/mol. The zero-order valence-electron chi connectivity index (χ0n) is 14.2. The number of hydrogen-bond acceptors (Lipinski definition) is 6. The van der Waals surface area contributed by atoms with E-state index in [1.165, 1.54) is 30.0 Å². The number of hydrogen-bond donors (Lipinski definition) is 2. The number of nitrogens with zero attached hydrogens (tertiary/aromatic N) is 2. The van der Waals surface area contributed by atoms with E-state index in [2.05, 4.69) is 20.8 Å². The van der Waals surface area contributed by atoms with Gasteiger partial charge in [0.25, 0.3) is 5.91 Å². The summed E-state index contributed by atoms with van der Waals surface area (Å²) in [4.78, 5) is 24.1. The maximum atomic E-state index is 13.2. The Hall–Kier alpha value is -2.78. The Bertz CT molecular complexity index is 977. The molecular formula is C18H15FN4O2S2. The molecule has 0 atom stereocenters. The van der Waals surface area contributed by atoms with Crippen molar-refractivity contribution in [1.82, 2.24) is 10.2 Å². The molecule has 3 aromatic rings. The Labute approximate surface area is 163 Å². The first-order valence-electron chi connectivity index (χ1n) is 7.89. The fourth-order valence-corrected chi connectivity index (χ4v) is 3.71. The molecule has 0 saturated carbocycles. The normalized spacial score (nSPS) is 10.4. The molecular weight excluding hydrogens is 387 g/mol. The van der Waals surface area contributed by atoms with Crippen molar-refractivity contribution in [3.8, 4) is 0 Å². The van der Waals surface area contributed by atoms with Crippen molar-refractivity contribution in [2.24, 2.45) is 0 Å². The summed E-state index contributed by atoms with van der Waals surface area (Å²) in [5.41, 5.74) is 1.99. The van der Waals surface area contributed by atoms with Gasteiger partial charge in [-0.25, -0.2) is 4.39 Å². The number of amides is 2. The number of carbonyl (C=O) groups is 2. The molecule has 9 heteroatoms. The maximum Gasteiger partial charge on any atom is 0.257 e. The Balaban J connectivity index is 1.52. The van der Waals surface area contributed by atoms with E-state index in [4.69, 9.17) is 0 Å². The lowest BCUT2D eigenvalue weighted by Crippen LogP contribution is -2.13. The van der Waals surface area contributed by atoms with Gasteiger partial charge in [0, 0.05) is 11.3 Å². The molecule has 0 aliphatic rings. The summed E-state index contributed by atoms with van der Waals surface area (Å²) in [5, 5.41) is 13.5. The van der Waals surface area contributed by atoms with E-state index < -0.39 is 11.7 Å². The lowest BCUT2D eigenvalue weighted by molar-refractivity contribution is -0.113. The highest BCUT2D eigenvalue weighted by molar-refractivity contribution is 8.01. The number of halogens is 1. The second kappa shape index (κ2) is 8.74. The van der Waals surface area contributed by atoms with Crippen LogP contribution in [0.5, 0.6) is 0 Å². The first-order chi connectivity index (χ1) is 13.0. The second-order valence-electron chi connectivity index (χ2n) is 5.54. The number of nitrogens with one attached hydrogen (secondary N) is 2. The van der Waals surface area contributed by atoms with E-state index in [1.807, 2.05) is 31.2 Å². The lowest BCUT2D eigenvalue weighted by Gasteiger charge is -2.04. The molecule has 0 bridgehead atoms. The lowest BCUT2D eigenvalue weighted by atomic mass is 10.2. The number of aryl methyl sites for hydroxylation is 1. The van der Waals surface area contributed by atoms with Crippen molar-refractivity contribution in [2.75, 3.05) is 16.4 Å². The van der Waals surface area contributed by atoms with Gasteiger partial charge in [0.05, 0.1) is 5.75 Å². The highest BCUT2D eigenvalue weighted by atomic mass is 32.2. The quantitative estimate of drug-likeness (QED) is 0.481. The van der Waals surface area contributed by atoms with Crippen LogP contribution in [0.25, 0.3) is 0 Å². The highest BCUT2D eigenvalue weighted by Crippen LogP contribution is 2.26. The van der Waals surface area contributed by atoms with Crippen LogP contribution >= 0.6 is 23.1 Å². The molecule has 3 rings (SSSR count). The predicted octanol–water partition coefficient (Wildman–Crippen LogP) is 3.97. The third-order valence-electron chi connectivity index (χ3n) is 3.34. The first-order valence-corrected chi connectivity index (χ1v) is 9.69. The molecule has 0 spiro atoms. The van der Waals surface area contributed by atoms with Crippen LogP contribution in [0.15, 0.2) is 52.9 Å². The van der Waals surface area contributed by atoms with Gasteiger partial charge in [-0.2, -0.15) is 0 Å². The molecule has 2 aromatic carbocycles. The second-order valence-corrected chi connectivity index (χ2v) is 7.74. The summed E-state index contributed by atoms with van der Waals surface area (Å²) in [6, 6.07) is 12.9.